The number of carboxylic acid groups (broad SMARTS) is 1. The number of nitrogens with zero attached hydrogens (tertiary/aromatic N) is 1. The van der Waals surface area contributed by atoms with Crippen LogP contribution in [0.2, 0.25) is 0 Å². The molecule has 1 fully saturated rings. The standard InChI is InChI=1S/C14H26N2O3/c1-5-10-8-6-7-9-16(10)13(19)15-11(12(17)18)14(2,3)4/h10-11H,5-9H2,1-4H3,(H,15,19)(H,17,18)/t10?,11-/m0/s1. The number of hydrogen-bond donors (Lipinski definition) is 2. The zero-order chi connectivity index (χ0) is 14.6. The van der Waals surface area contributed by atoms with Crippen molar-refractivity contribution in [2.75, 3.05) is 6.54 Å². The zero-order valence-corrected chi connectivity index (χ0v) is 12.4. The van der Waals surface area contributed by atoms with Gasteiger partial charge in [0.2, 0.25) is 0 Å². The van der Waals surface area contributed by atoms with Crippen LogP contribution in [0.25, 0.3) is 0 Å². The molecule has 5 heteroatoms. The molecule has 1 aliphatic rings. The highest BCUT2D eigenvalue weighted by Gasteiger charge is 2.35. The number of likely N-dealkylation sites (tertiary alicyclic amines) is 1. The van der Waals surface area contributed by atoms with E-state index in [2.05, 4.69) is 12.2 Å². The van der Waals surface area contributed by atoms with Crippen molar-refractivity contribution < 1.29 is 14.7 Å². The topological polar surface area (TPSA) is 69.6 Å². The fraction of sp³-hybridized carbons (Fsp3) is 0.857. The van der Waals surface area contributed by atoms with E-state index in [0.29, 0.717) is 0 Å². The minimum Gasteiger partial charge on any atom is -0.480 e. The molecule has 0 aromatic carbocycles. The Labute approximate surface area is 115 Å². The van der Waals surface area contributed by atoms with E-state index in [1.54, 1.807) is 4.90 Å². The van der Waals surface area contributed by atoms with Gasteiger partial charge in [0.1, 0.15) is 6.04 Å². The van der Waals surface area contributed by atoms with Crippen LogP contribution in [0.1, 0.15) is 53.4 Å². The summed E-state index contributed by atoms with van der Waals surface area (Å²) in [5, 5.41) is 11.9. The predicted molar refractivity (Wildman–Crippen MR) is 74.0 cm³/mol. The average Bonchev–Trinajstić information content (AvgIpc) is 2.33. The van der Waals surface area contributed by atoms with E-state index in [1.807, 2.05) is 20.8 Å². The van der Waals surface area contributed by atoms with Crippen molar-refractivity contribution in [2.45, 2.75) is 65.5 Å². The molecule has 0 aliphatic carbocycles. The molecule has 2 N–H and O–H groups in total. The third-order valence-electron chi connectivity index (χ3n) is 3.74. The van der Waals surface area contributed by atoms with Crippen LogP contribution in [0.15, 0.2) is 0 Å². The SMILES string of the molecule is CCC1CCCCN1C(=O)N[C@@H](C(=O)O)C(C)(C)C. The van der Waals surface area contributed by atoms with Crippen LogP contribution in [0, 0.1) is 5.41 Å². The first-order valence-electron chi connectivity index (χ1n) is 7.07. The lowest BCUT2D eigenvalue weighted by Crippen LogP contribution is -2.56. The number of urea groups is 1. The van der Waals surface area contributed by atoms with Crippen molar-refractivity contribution in [1.82, 2.24) is 10.2 Å². The van der Waals surface area contributed by atoms with Gasteiger partial charge in [-0.3, -0.25) is 0 Å². The van der Waals surface area contributed by atoms with Crippen LogP contribution >= 0.6 is 0 Å². The number of nitrogens with one attached hydrogen (secondary N) is 1. The summed E-state index contributed by atoms with van der Waals surface area (Å²) in [4.78, 5) is 25.4. The molecular formula is C14H26N2O3. The Hall–Kier alpha value is -1.26. The molecule has 0 bridgehead atoms. The van der Waals surface area contributed by atoms with Gasteiger partial charge in [0, 0.05) is 12.6 Å². The number of aliphatic carboxylic acids is 1. The number of carbonyl (C=O) groups is 2. The minimum absolute atomic E-state index is 0.239. The molecule has 1 unspecified atom stereocenters. The van der Waals surface area contributed by atoms with Crippen molar-refractivity contribution in [3.8, 4) is 0 Å². The van der Waals surface area contributed by atoms with Crippen molar-refractivity contribution in [3.05, 3.63) is 0 Å². The van der Waals surface area contributed by atoms with Gasteiger partial charge in [-0.2, -0.15) is 0 Å². The normalized spacial score (nSPS) is 21.9. The number of carbonyl (C=O) groups excluding carboxylic acids is 1. The Morgan fingerprint density at radius 1 is 1.37 bits per heavy atom. The molecule has 5 nitrogen and oxygen atoms in total. The van der Waals surface area contributed by atoms with Crippen molar-refractivity contribution in [2.24, 2.45) is 5.41 Å². The summed E-state index contributed by atoms with van der Waals surface area (Å²) in [6.07, 6.45) is 4.07. The summed E-state index contributed by atoms with van der Waals surface area (Å²) >= 11 is 0. The second-order valence-corrected chi connectivity index (χ2v) is 6.34. The van der Waals surface area contributed by atoms with Crippen LogP contribution in [0.4, 0.5) is 4.79 Å². The van der Waals surface area contributed by atoms with Crippen molar-refractivity contribution in [1.29, 1.82) is 0 Å². The maximum atomic E-state index is 12.3. The second-order valence-electron chi connectivity index (χ2n) is 6.34. The molecule has 0 radical (unpaired) electrons. The van der Waals surface area contributed by atoms with Gasteiger partial charge >= 0.3 is 12.0 Å². The summed E-state index contributed by atoms with van der Waals surface area (Å²) in [7, 11) is 0. The van der Waals surface area contributed by atoms with Crippen LogP contribution in [-0.2, 0) is 4.79 Å². The van der Waals surface area contributed by atoms with Gasteiger partial charge < -0.3 is 15.3 Å². The van der Waals surface area contributed by atoms with Crippen LogP contribution in [0.3, 0.4) is 0 Å². The third-order valence-corrected chi connectivity index (χ3v) is 3.74. The highest BCUT2D eigenvalue weighted by atomic mass is 16.4. The molecule has 0 aromatic rings. The van der Waals surface area contributed by atoms with E-state index in [0.717, 1.165) is 32.2 Å². The quantitative estimate of drug-likeness (QED) is 0.827. The van der Waals surface area contributed by atoms with E-state index in [-0.39, 0.29) is 12.1 Å². The lowest BCUT2D eigenvalue weighted by Gasteiger charge is -2.37. The summed E-state index contributed by atoms with van der Waals surface area (Å²) in [5.74, 6) is -0.981. The van der Waals surface area contributed by atoms with Gasteiger partial charge in [0.15, 0.2) is 0 Å². The van der Waals surface area contributed by atoms with Gasteiger partial charge in [0.05, 0.1) is 0 Å². The monoisotopic (exact) mass is 270 g/mol. The zero-order valence-electron chi connectivity index (χ0n) is 12.4. The molecular weight excluding hydrogens is 244 g/mol. The summed E-state index contributed by atoms with van der Waals surface area (Å²) in [6, 6.07) is -0.864. The van der Waals surface area contributed by atoms with Crippen molar-refractivity contribution >= 4 is 12.0 Å². The highest BCUT2D eigenvalue weighted by molar-refractivity contribution is 5.83. The molecule has 2 amide bonds. The highest BCUT2D eigenvalue weighted by Crippen LogP contribution is 2.22. The van der Waals surface area contributed by atoms with Crippen LogP contribution in [-0.4, -0.2) is 40.6 Å². The minimum atomic E-state index is -0.981. The van der Waals surface area contributed by atoms with Gasteiger partial charge in [-0.25, -0.2) is 9.59 Å². The molecule has 0 saturated carbocycles. The smallest absolute Gasteiger partial charge is 0.326 e. The molecule has 1 heterocycles. The first-order valence-corrected chi connectivity index (χ1v) is 7.07. The van der Waals surface area contributed by atoms with E-state index >= 15 is 0 Å². The van der Waals surface area contributed by atoms with E-state index < -0.39 is 17.4 Å². The summed E-state index contributed by atoms with van der Waals surface area (Å²) in [6.45, 7) is 8.24. The Balaban J connectivity index is 2.73. The Morgan fingerprint density at radius 2 is 2.00 bits per heavy atom. The number of carboxylic acids is 1. The van der Waals surface area contributed by atoms with Crippen LogP contribution < -0.4 is 5.32 Å². The van der Waals surface area contributed by atoms with E-state index in [1.165, 1.54) is 0 Å². The summed E-state index contributed by atoms with van der Waals surface area (Å²) < 4.78 is 0. The van der Waals surface area contributed by atoms with E-state index in [4.69, 9.17) is 0 Å². The van der Waals surface area contributed by atoms with Crippen LogP contribution in [0.5, 0.6) is 0 Å². The molecule has 1 aliphatic heterocycles. The third kappa shape index (κ3) is 4.11. The number of rotatable bonds is 3. The lowest BCUT2D eigenvalue weighted by molar-refractivity contribution is -0.142. The van der Waals surface area contributed by atoms with Crippen molar-refractivity contribution in [3.63, 3.8) is 0 Å². The Bertz CT molecular complexity index is 336. The van der Waals surface area contributed by atoms with Gasteiger partial charge in [-0.05, 0) is 31.1 Å². The Morgan fingerprint density at radius 3 is 2.47 bits per heavy atom. The predicted octanol–water partition coefficient (Wildman–Crippen LogP) is 2.46. The maximum Gasteiger partial charge on any atom is 0.326 e. The number of hydrogen-bond acceptors (Lipinski definition) is 2. The largest absolute Gasteiger partial charge is 0.480 e. The first-order chi connectivity index (χ1) is 8.77. The molecule has 2 atom stereocenters. The molecule has 0 aromatic heterocycles. The van der Waals surface area contributed by atoms with Gasteiger partial charge in [-0.15, -0.1) is 0 Å². The number of piperidine rings is 1. The number of amides is 2. The fourth-order valence-electron chi connectivity index (χ4n) is 2.55. The Kier molecular flexibility index (Phi) is 5.20. The van der Waals surface area contributed by atoms with Gasteiger partial charge in [0.25, 0.3) is 0 Å². The molecule has 110 valence electrons. The molecule has 1 saturated heterocycles. The van der Waals surface area contributed by atoms with E-state index in [9.17, 15) is 14.7 Å². The fourth-order valence-corrected chi connectivity index (χ4v) is 2.55. The second kappa shape index (κ2) is 6.26. The van der Waals surface area contributed by atoms with Gasteiger partial charge in [-0.1, -0.05) is 27.7 Å². The summed E-state index contributed by atoms with van der Waals surface area (Å²) in [5.41, 5.74) is -0.501. The average molecular weight is 270 g/mol. The molecule has 1 rings (SSSR count). The maximum absolute atomic E-state index is 12.3. The lowest BCUT2D eigenvalue weighted by atomic mass is 9.87. The first kappa shape index (κ1) is 15.8. The molecule has 19 heavy (non-hydrogen) atoms. The molecule has 0 spiro atoms.